The highest BCUT2D eigenvalue weighted by molar-refractivity contribution is 9.10. The van der Waals surface area contributed by atoms with Crippen molar-refractivity contribution in [2.75, 3.05) is 19.0 Å². The Hall–Kier alpha value is -3.79. The molecule has 0 radical (unpaired) electrons. The molecule has 0 unspecified atom stereocenters. The van der Waals surface area contributed by atoms with Crippen molar-refractivity contribution < 1.29 is 23.9 Å². The highest BCUT2D eigenvalue weighted by atomic mass is 79.9. The number of amides is 3. The van der Waals surface area contributed by atoms with E-state index in [9.17, 15) is 14.4 Å². The van der Waals surface area contributed by atoms with E-state index in [4.69, 9.17) is 21.1 Å². The fraction of sp³-hybridized carbons (Fsp3) is 0.100. The number of nitrogens with zero attached hydrogens (tertiary/aromatic N) is 1. The molecule has 0 saturated carbocycles. The van der Waals surface area contributed by atoms with Crippen LogP contribution < -0.4 is 14.8 Å². The van der Waals surface area contributed by atoms with E-state index in [0.29, 0.717) is 38.9 Å². The number of methoxy groups -OCH3 is 1. The van der Waals surface area contributed by atoms with Gasteiger partial charge in [-0.1, -0.05) is 60.1 Å². The summed E-state index contributed by atoms with van der Waals surface area (Å²) in [5, 5.41) is 4.80. The predicted molar refractivity (Wildman–Crippen MR) is 162 cm³/mol. The summed E-state index contributed by atoms with van der Waals surface area (Å²) < 4.78 is 12.3. The number of halogens is 2. The van der Waals surface area contributed by atoms with Gasteiger partial charge in [0.25, 0.3) is 11.1 Å². The van der Waals surface area contributed by atoms with Crippen LogP contribution in [-0.2, 0) is 16.2 Å². The number of rotatable bonds is 8. The molecule has 0 atom stereocenters. The van der Waals surface area contributed by atoms with Crippen molar-refractivity contribution >= 4 is 78.9 Å². The Morgan fingerprint density at radius 3 is 2.62 bits per heavy atom. The Bertz CT molecular complexity index is 1670. The van der Waals surface area contributed by atoms with Gasteiger partial charge in [0.1, 0.15) is 13.2 Å². The quantitative estimate of drug-likeness (QED) is 0.201. The summed E-state index contributed by atoms with van der Waals surface area (Å²) >= 11 is 10.1. The molecular weight excluding hydrogens is 616 g/mol. The van der Waals surface area contributed by atoms with Gasteiger partial charge in [-0.3, -0.25) is 19.3 Å². The molecule has 7 nitrogen and oxygen atoms in total. The Morgan fingerprint density at radius 2 is 1.82 bits per heavy atom. The van der Waals surface area contributed by atoms with Crippen molar-refractivity contribution in [3.8, 4) is 11.5 Å². The van der Waals surface area contributed by atoms with Crippen molar-refractivity contribution in [2.45, 2.75) is 6.61 Å². The SMILES string of the molecule is COc1cc(/C=C2/SC(=O)N(CC(=O)Nc3ccc(Br)c(Cl)c3)C2=O)ccc1OCc1cccc2ccccc12. The second-order valence-electron chi connectivity index (χ2n) is 8.78. The van der Waals surface area contributed by atoms with Crippen LogP contribution in [0.3, 0.4) is 0 Å². The molecule has 40 heavy (non-hydrogen) atoms. The van der Waals surface area contributed by atoms with Gasteiger partial charge in [-0.15, -0.1) is 0 Å². The second-order valence-corrected chi connectivity index (χ2v) is 11.0. The molecule has 3 amide bonds. The van der Waals surface area contributed by atoms with E-state index in [0.717, 1.165) is 33.0 Å². The summed E-state index contributed by atoms with van der Waals surface area (Å²) in [5.41, 5.74) is 2.15. The fourth-order valence-corrected chi connectivity index (χ4v) is 5.44. The molecule has 1 heterocycles. The third-order valence-corrected chi connectivity index (χ3v) is 8.27. The second kappa shape index (κ2) is 12.2. The minimum absolute atomic E-state index is 0.205. The number of benzene rings is 4. The van der Waals surface area contributed by atoms with Gasteiger partial charge in [0.15, 0.2) is 11.5 Å². The van der Waals surface area contributed by atoms with Gasteiger partial charge in [0.05, 0.1) is 17.0 Å². The van der Waals surface area contributed by atoms with Crippen molar-refractivity contribution in [1.29, 1.82) is 0 Å². The lowest BCUT2D eigenvalue weighted by Crippen LogP contribution is -2.36. The van der Waals surface area contributed by atoms with Crippen molar-refractivity contribution in [3.63, 3.8) is 0 Å². The van der Waals surface area contributed by atoms with Gasteiger partial charge < -0.3 is 14.8 Å². The van der Waals surface area contributed by atoms with Gasteiger partial charge in [-0.2, -0.15) is 0 Å². The van der Waals surface area contributed by atoms with Gasteiger partial charge in [0.2, 0.25) is 5.91 Å². The molecule has 10 heteroatoms. The van der Waals surface area contributed by atoms with Crippen LogP contribution in [0.1, 0.15) is 11.1 Å². The van der Waals surface area contributed by atoms with Gasteiger partial charge >= 0.3 is 0 Å². The lowest BCUT2D eigenvalue weighted by Gasteiger charge is -2.13. The van der Waals surface area contributed by atoms with Gasteiger partial charge in [0, 0.05) is 10.2 Å². The van der Waals surface area contributed by atoms with E-state index in [1.165, 1.54) is 7.11 Å². The summed E-state index contributed by atoms with van der Waals surface area (Å²) in [5.74, 6) is -0.0308. The molecule has 0 aliphatic carbocycles. The van der Waals surface area contributed by atoms with Crippen LogP contribution in [0.4, 0.5) is 10.5 Å². The zero-order chi connectivity index (χ0) is 28.2. The van der Waals surface area contributed by atoms with Crippen molar-refractivity contribution in [2.24, 2.45) is 0 Å². The molecule has 1 aliphatic rings. The normalized spacial score (nSPS) is 14.2. The smallest absolute Gasteiger partial charge is 0.294 e. The van der Waals surface area contributed by atoms with E-state index < -0.39 is 23.6 Å². The number of fused-ring (bicyclic) bond motifs is 1. The van der Waals surface area contributed by atoms with Gasteiger partial charge in [-0.05, 0) is 86.0 Å². The number of ether oxygens (including phenoxy) is 2. The number of nitrogens with one attached hydrogen (secondary N) is 1. The van der Waals surface area contributed by atoms with Crippen LogP contribution in [0.5, 0.6) is 11.5 Å². The maximum Gasteiger partial charge on any atom is 0.294 e. The van der Waals surface area contributed by atoms with Crippen LogP contribution in [0.25, 0.3) is 16.8 Å². The Labute approximate surface area is 248 Å². The number of anilines is 1. The van der Waals surface area contributed by atoms with E-state index in [1.54, 1.807) is 42.5 Å². The first-order chi connectivity index (χ1) is 19.3. The predicted octanol–water partition coefficient (Wildman–Crippen LogP) is 7.52. The molecule has 4 aromatic rings. The summed E-state index contributed by atoms with van der Waals surface area (Å²) in [4.78, 5) is 39.1. The summed E-state index contributed by atoms with van der Waals surface area (Å²) in [6.45, 7) is -0.0650. The molecule has 0 aromatic heterocycles. The maximum absolute atomic E-state index is 12.9. The lowest BCUT2D eigenvalue weighted by atomic mass is 10.1. The third-order valence-electron chi connectivity index (χ3n) is 6.13. The summed E-state index contributed by atoms with van der Waals surface area (Å²) in [7, 11) is 1.54. The minimum Gasteiger partial charge on any atom is -0.493 e. The first-order valence-electron chi connectivity index (χ1n) is 12.1. The summed E-state index contributed by atoms with van der Waals surface area (Å²) in [6, 6.07) is 24.4. The topological polar surface area (TPSA) is 84.9 Å². The standard InChI is InChI=1S/C30H22BrClN2O5S/c1-38-26-13-18(9-12-25(26)39-17-20-7-4-6-19-5-2-3-8-22(19)20)14-27-29(36)34(30(37)40-27)16-28(35)33-21-10-11-23(31)24(32)15-21/h2-15H,16-17H2,1H3,(H,33,35)/b27-14+. The molecule has 1 N–H and O–H groups in total. The van der Waals surface area contributed by atoms with E-state index >= 15 is 0 Å². The molecule has 0 spiro atoms. The average Bonchev–Trinajstić information content (AvgIpc) is 3.21. The van der Waals surface area contributed by atoms with Crippen LogP contribution in [-0.4, -0.2) is 35.6 Å². The number of carbonyl (C=O) groups is 3. The minimum atomic E-state index is -0.547. The first kappa shape index (κ1) is 27.8. The average molecular weight is 638 g/mol. The Morgan fingerprint density at radius 1 is 1.02 bits per heavy atom. The molecule has 5 rings (SSSR count). The zero-order valence-corrected chi connectivity index (χ0v) is 24.3. The fourth-order valence-electron chi connectivity index (χ4n) is 4.17. The molecular formula is C30H22BrClN2O5S. The van der Waals surface area contributed by atoms with Crippen LogP contribution in [0.2, 0.25) is 5.02 Å². The number of imide groups is 1. The molecule has 1 aliphatic heterocycles. The molecule has 202 valence electrons. The highest BCUT2D eigenvalue weighted by Gasteiger charge is 2.36. The highest BCUT2D eigenvalue weighted by Crippen LogP contribution is 2.35. The van der Waals surface area contributed by atoms with Crippen LogP contribution in [0.15, 0.2) is 88.2 Å². The number of thioether (sulfide) groups is 1. The molecule has 1 saturated heterocycles. The number of hydrogen-bond donors (Lipinski definition) is 1. The number of carbonyl (C=O) groups excluding carboxylic acids is 3. The largest absolute Gasteiger partial charge is 0.493 e. The molecule has 1 fully saturated rings. The van der Waals surface area contributed by atoms with E-state index in [2.05, 4.69) is 39.4 Å². The van der Waals surface area contributed by atoms with E-state index in [1.807, 2.05) is 24.3 Å². The molecule has 4 aromatic carbocycles. The maximum atomic E-state index is 12.9. The third kappa shape index (κ3) is 6.17. The summed E-state index contributed by atoms with van der Waals surface area (Å²) in [6.07, 6.45) is 1.59. The zero-order valence-electron chi connectivity index (χ0n) is 21.1. The van der Waals surface area contributed by atoms with Crippen molar-refractivity contribution in [1.82, 2.24) is 4.90 Å². The monoisotopic (exact) mass is 636 g/mol. The Balaban J connectivity index is 1.26. The van der Waals surface area contributed by atoms with Crippen LogP contribution >= 0.6 is 39.3 Å². The van der Waals surface area contributed by atoms with Crippen molar-refractivity contribution in [3.05, 3.63) is 104 Å². The van der Waals surface area contributed by atoms with E-state index in [-0.39, 0.29) is 4.91 Å². The molecule has 0 bridgehead atoms. The van der Waals surface area contributed by atoms with Crippen LogP contribution in [0, 0.1) is 0 Å². The first-order valence-corrected chi connectivity index (χ1v) is 14.1. The number of hydrogen-bond acceptors (Lipinski definition) is 6. The Kier molecular flexibility index (Phi) is 8.44. The lowest BCUT2D eigenvalue weighted by molar-refractivity contribution is -0.127. The van der Waals surface area contributed by atoms with Gasteiger partial charge in [-0.25, -0.2) is 0 Å².